The van der Waals surface area contributed by atoms with E-state index in [-0.39, 0.29) is 47.6 Å². The molecular weight excluding hydrogens is 465 g/mol. The van der Waals surface area contributed by atoms with Crippen LogP contribution in [-0.2, 0) is 4.79 Å². The third-order valence-electron chi connectivity index (χ3n) is 8.40. The minimum absolute atomic E-state index is 0.00163. The molecule has 6 heteroatoms. The van der Waals surface area contributed by atoms with Crippen molar-refractivity contribution in [3.63, 3.8) is 0 Å². The molecule has 0 aromatic heterocycles. The zero-order chi connectivity index (χ0) is 25.4. The number of likely N-dealkylation sites (tertiary alicyclic amines) is 1. The Morgan fingerprint density at radius 2 is 1.62 bits per heavy atom. The van der Waals surface area contributed by atoms with Crippen molar-refractivity contribution in [2.45, 2.75) is 50.2 Å². The van der Waals surface area contributed by atoms with E-state index in [1.165, 1.54) is 6.07 Å². The van der Waals surface area contributed by atoms with E-state index < -0.39 is 0 Å². The third kappa shape index (κ3) is 4.50. The summed E-state index contributed by atoms with van der Waals surface area (Å²) in [6.07, 6.45) is 4.41. The Hall–Kier alpha value is -3.67. The molecule has 37 heavy (non-hydrogen) atoms. The van der Waals surface area contributed by atoms with Gasteiger partial charge in [-0.2, -0.15) is 0 Å². The molecule has 0 spiro atoms. The zero-order valence-electron chi connectivity index (χ0n) is 20.8. The van der Waals surface area contributed by atoms with E-state index >= 15 is 0 Å². The monoisotopic (exact) mass is 497 g/mol. The van der Waals surface area contributed by atoms with Crippen LogP contribution in [0.4, 0.5) is 10.1 Å². The topological polar surface area (TPSA) is 61.4 Å². The van der Waals surface area contributed by atoms with Crippen LogP contribution in [0.1, 0.15) is 65.7 Å². The van der Waals surface area contributed by atoms with Gasteiger partial charge in [-0.15, -0.1) is 0 Å². The molecule has 2 amide bonds. The van der Waals surface area contributed by atoms with Crippen LogP contribution in [0.5, 0.6) is 0 Å². The van der Waals surface area contributed by atoms with Gasteiger partial charge in [0.1, 0.15) is 5.82 Å². The number of benzene rings is 3. The Balaban J connectivity index is 1.29. The highest BCUT2D eigenvalue weighted by atomic mass is 19.1. The fourth-order valence-corrected chi connectivity index (χ4v) is 6.64. The largest absolute Gasteiger partial charge is 0.377 e. The number of hydrogen-bond donors (Lipinski definition) is 2. The molecule has 2 heterocycles. The molecular formula is C31H32FN3O2. The lowest BCUT2D eigenvalue weighted by Gasteiger charge is -2.42. The quantitative estimate of drug-likeness (QED) is 0.474. The number of hydrogen-bond acceptors (Lipinski definition) is 3. The van der Waals surface area contributed by atoms with E-state index in [9.17, 15) is 14.0 Å². The molecule has 1 saturated heterocycles. The van der Waals surface area contributed by atoms with Gasteiger partial charge >= 0.3 is 0 Å². The van der Waals surface area contributed by atoms with Crippen molar-refractivity contribution in [1.29, 1.82) is 0 Å². The van der Waals surface area contributed by atoms with Gasteiger partial charge in [0.05, 0.1) is 18.0 Å². The molecule has 190 valence electrons. The molecule has 2 N–H and O–H groups in total. The standard InChI is InChI=1S/C31H32FN3O2/c32-22-15-16-23-27(19-22)33-28(20-9-3-1-4-10-20)25-17-18-35(29(23)25)31(37)24-13-7-8-14-26(24)34-30(36)21-11-5-2-6-12-21/h1-6,9-12,15-16,19,24-26,28-29,33H,7-8,13-14,17-18H2,(H,34,36)/t24?,25-,26+,28+,29+/m0/s1. The average molecular weight is 498 g/mol. The van der Waals surface area contributed by atoms with Gasteiger partial charge in [-0.3, -0.25) is 9.59 Å². The van der Waals surface area contributed by atoms with E-state index in [0.29, 0.717) is 12.1 Å². The van der Waals surface area contributed by atoms with Gasteiger partial charge in [-0.1, -0.05) is 67.4 Å². The Labute approximate surface area is 217 Å². The molecule has 3 aromatic rings. The smallest absolute Gasteiger partial charge is 0.251 e. The molecule has 3 aromatic carbocycles. The Morgan fingerprint density at radius 1 is 0.892 bits per heavy atom. The second-order valence-corrected chi connectivity index (χ2v) is 10.5. The number of nitrogens with zero attached hydrogens (tertiary/aromatic N) is 1. The summed E-state index contributed by atoms with van der Waals surface area (Å²) in [5.74, 6) is -0.381. The minimum atomic E-state index is -0.289. The first-order chi connectivity index (χ1) is 18.1. The van der Waals surface area contributed by atoms with Crippen molar-refractivity contribution in [2.24, 2.45) is 11.8 Å². The molecule has 0 bridgehead atoms. The van der Waals surface area contributed by atoms with Crippen LogP contribution in [-0.4, -0.2) is 29.3 Å². The van der Waals surface area contributed by atoms with Gasteiger partial charge in [0.2, 0.25) is 5.91 Å². The van der Waals surface area contributed by atoms with Crippen LogP contribution in [0.25, 0.3) is 0 Å². The van der Waals surface area contributed by atoms with Crippen LogP contribution in [0, 0.1) is 17.7 Å². The summed E-state index contributed by atoms with van der Waals surface area (Å²) in [6.45, 7) is 0.659. The summed E-state index contributed by atoms with van der Waals surface area (Å²) in [6, 6.07) is 24.0. The van der Waals surface area contributed by atoms with Gasteiger partial charge in [-0.25, -0.2) is 4.39 Å². The van der Waals surface area contributed by atoms with Crippen LogP contribution in [0.2, 0.25) is 0 Å². The highest BCUT2D eigenvalue weighted by Gasteiger charge is 2.48. The van der Waals surface area contributed by atoms with Crippen molar-refractivity contribution in [3.05, 3.63) is 101 Å². The first kappa shape index (κ1) is 23.7. The van der Waals surface area contributed by atoms with Crippen LogP contribution in [0.15, 0.2) is 78.9 Å². The second-order valence-electron chi connectivity index (χ2n) is 10.5. The number of anilines is 1. The van der Waals surface area contributed by atoms with Gasteiger partial charge in [0.25, 0.3) is 5.91 Å². The lowest BCUT2D eigenvalue weighted by atomic mass is 9.79. The summed E-state index contributed by atoms with van der Waals surface area (Å²) < 4.78 is 14.3. The molecule has 5 atom stereocenters. The van der Waals surface area contributed by atoms with E-state index in [1.54, 1.807) is 18.2 Å². The van der Waals surface area contributed by atoms with Gasteiger partial charge in [-0.05, 0) is 54.7 Å². The first-order valence-electron chi connectivity index (χ1n) is 13.4. The number of halogens is 1. The molecule has 1 saturated carbocycles. The van der Waals surface area contributed by atoms with E-state index in [0.717, 1.165) is 48.9 Å². The molecule has 6 rings (SSSR count). The molecule has 2 fully saturated rings. The molecule has 2 aliphatic heterocycles. The van der Waals surface area contributed by atoms with Crippen molar-refractivity contribution >= 4 is 17.5 Å². The molecule has 3 aliphatic rings. The summed E-state index contributed by atoms with van der Waals surface area (Å²) in [5, 5.41) is 6.76. The zero-order valence-corrected chi connectivity index (χ0v) is 20.8. The number of fused-ring (bicyclic) bond motifs is 3. The fraction of sp³-hybridized carbons (Fsp3) is 0.355. The average Bonchev–Trinajstić information content (AvgIpc) is 3.39. The van der Waals surface area contributed by atoms with Crippen molar-refractivity contribution < 1.29 is 14.0 Å². The molecule has 1 unspecified atom stereocenters. The minimum Gasteiger partial charge on any atom is -0.377 e. The molecule has 1 aliphatic carbocycles. The Kier molecular flexibility index (Phi) is 6.41. The van der Waals surface area contributed by atoms with Crippen LogP contribution < -0.4 is 10.6 Å². The maximum Gasteiger partial charge on any atom is 0.251 e. The Bertz CT molecular complexity index is 1280. The lowest BCUT2D eigenvalue weighted by Crippen LogP contribution is -2.50. The molecule has 5 nitrogen and oxygen atoms in total. The van der Waals surface area contributed by atoms with Crippen molar-refractivity contribution in [3.8, 4) is 0 Å². The molecule has 0 radical (unpaired) electrons. The van der Waals surface area contributed by atoms with Gasteiger partial charge < -0.3 is 15.5 Å². The predicted molar refractivity (Wildman–Crippen MR) is 141 cm³/mol. The van der Waals surface area contributed by atoms with Crippen molar-refractivity contribution in [1.82, 2.24) is 10.2 Å². The van der Waals surface area contributed by atoms with Crippen LogP contribution >= 0.6 is 0 Å². The second kappa shape index (κ2) is 10.0. The highest BCUT2D eigenvalue weighted by molar-refractivity contribution is 5.95. The lowest BCUT2D eigenvalue weighted by molar-refractivity contribution is -0.138. The summed E-state index contributed by atoms with van der Waals surface area (Å²) in [7, 11) is 0. The van der Waals surface area contributed by atoms with Crippen LogP contribution in [0.3, 0.4) is 0 Å². The summed E-state index contributed by atoms with van der Waals surface area (Å²) in [5.41, 5.74) is 3.49. The van der Waals surface area contributed by atoms with Gasteiger partial charge in [0.15, 0.2) is 0 Å². The fourth-order valence-electron chi connectivity index (χ4n) is 6.64. The number of amides is 2. The normalized spacial score (nSPS) is 26.5. The van der Waals surface area contributed by atoms with E-state index in [4.69, 9.17) is 0 Å². The number of carbonyl (C=O) groups excluding carboxylic acids is 2. The van der Waals surface area contributed by atoms with Crippen molar-refractivity contribution in [2.75, 3.05) is 11.9 Å². The first-order valence-corrected chi connectivity index (χ1v) is 13.4. The number of carbonyl (C=O) groups is 2. The summed E-state index contributed by atoms with van der Waals surface area (Å²) >= 11 is 0. The third-order valence-corrected chi connectivity index (χ3v) is 8.40. The number of nitrogens with one attached hydrogen (secondary N) is 2. The number of rotatable bonds is 4. The maximum atomic E-state index is 14.3. The van der Waals surface area contributed by atoms with Gasteiger partial charge in [0, 0.05) is 29.8 Å². The maximum absolute atomic E-state index is 14.3. The Morgan fingerprint density at radius 3 is 2.41 bits per heavy atom. The predicted octanol–water partition coefficient (Wildman–Crippen LogP) is 5.87. The summed E-state index contributed by atoms with van der Waals surface area (Å²) in [4.78, 5) is 29.2. The SMILES string of the molecule is O=C(N[C@@H]1CCCCC1C(=O)N1CC[C@H]2[C@@H](c3ccccc3)Nc3cc(F)ccc3[C@H]21)c1ccccc1. The highest BCUT2D eigenvalue weighted by Crippen LogP contribution is 2.52. The van der Waals surface area contributed by atoms with E-state index in [1.807, 2.05) is 47.4 Å². The van der Waals surface area contributed by atoms with E-state index in [2.05, 4.69) is 22.8 Å².